The van der Waals surface area contributed by atoms with E-state index in [2.05, 4.69) is 26.7 Å². The number of ether oxygens (including phenoxy) is 1. The van der Waals surface area contributed by atoms with Crippen molar-refractivity contribution < 1.29 is 22.7 Å². The second kappa shape index (κ2) is 9.99. The molecule has 4 rings (SSSR count). The number of nitrogens with zero attached hydrogens (tertiary/aromatic N) is 3. The number of hydrogen-bond donors (Lipinski definition) is 2. The third kappa shape index (κ3) is 5.67. The summed E-state index contributed by atoms with van der Waals surface area (Å²) in [5.74, 6) is -1.05. The lowest BCUT2D eigenvalue weighted by atomic mass is 10.1. The smallest absolute Gasteiger partial charge is 0.406 e. The van der Waals surface area contributed by atoms with Crippen molar-refractivity contribution in [2.75, 3.05) is 4.90 Å². The first-order valence-electron chi connectivity index (χ1n) is 10.5. The lowest BCUT2D eigenvalue weighted by Crippen LogP contribution is -2.35. The number of alkyl halides is 3. The summed E-state index contributed by atoms with van der Waals surface area (Å²) < 4.78 is 42.4. The van der Waals surface area contributed by atoms with Gasteiger partial charge in [0.05, 0.1) is 23.9 Å². The lowest BCUT2D eigenvalue weighted by molar-refractivity contribution is -0.274. The Morgan fingerprint density at radius 1 is 1.26 bits per heavy atom. The molecule has 2 aromatic rings. The Balaban J connectivity index is 1.65. The van der Waals surface area contributed by atoms with Crippen molar-refractivity contribution in [3.05, 3.63) is 83.1 Å². The van der Waals surface area contributed by atoms with Crippen LogP contribution in [-0.2, 0) is 11.3 Å². The number of fused-ring (bicyclic) bond motifs is 1. The number of rotatable bonds is 5. The second-order valence-electron chi connectivity index (χ2n) is 7.57. The predicted octanol–water partition coefficient (Wildman–Crippen LogP) is 4.41. The van der Waals surface area contributed by atoms with Crippen molar-refractivity contribution in [2.24, 2.45) is 5.10 Å². The molecule has 0 radical (unpaired) electrons. The normalized spacial score (nSPS) is 15.9. The highest BCUT2D eigenvalue weighted by atomic mass is 32.1. The summed E-state index contributed by atoms with van der Waals surface area (Å²) in [4.78, 5) is 14.6. The number of carbonyl (C=O) groups is 1. The second-order valence-corrected chi connectivity index (χ2v) is 7.98. The molecule has 0 unspecified atom stereocenters. The summed E-state index contributed by atoms with van der Waals surface area (Å²) in [6, 6.07) is 12.4. The zero-order valence-corrected chi connectivity index (χ0v) is 18.9. The molecule has 0 fully saturated rings. The predicted molar refractivity (Wildman–Crippen MR) is 127 cm³/mol. The number of halogens is 3. The van der Waals surface area contributed by atoms with Gasteiger partial charge in [-0.15, -0.1) is 13.2 Å². The largest absolute Gasteiger partial charge is 0.573 e. The van der Waals surface area contributed by atoms with Crippen molar-refractivity contribution in [3.63, 3.8) is 0 Å². The average molecular weight is 498 g/mol. The van der Waals surface area contributed by atoms with Crippen molar-refractivity contribution in [3.8, 4) is 11.8 Å². The van der Waals surface area contributed by atoms with Crippen LogP contribution in [0, 0.1) is 11.3 Å². The molecule has 11 heteroatoms. The van der Waals surface area contributed by atoms with Crippen LogP contribution in [0.3, 0.4) is 0 Å². The van der Waals surface area contributed by atoms with E-state index in [0.717, 1.165) is 30.7 Å². The SMILES string of the molecule is N#Cc1ccccc1CN1C(=O)/C(=N\NC(=S)NC2=CC=CCC2)c2cc(OC(F)(F)F)ccc21. The highest BCUT2D eigenvalue weighted by molar-refractivity contribution is 7.80. The fourth-order valence-electron chi connectivity index (χ4n) is 3.68. The van der Waals surface area contributed by atoms with E-state index in [1.807, 2.05) is 18.2 Å². The van der Waals surface area contributed by atoms with Gasteiger partial charge < -0.3 is 15.0 Å². The number of hydrazone groups is 1. The Morgan fingerprint density at radius 3 is 2.77 bits per heavy atom. The molecule has 1 heterocycles. The molecular formula is C24H18F3N5O2S. The number of nitrogens with one attached hydrogen (secondary N) is 2. The maximum absolute atomic E-state index is 13.3. The molecule has 0 saturated heterocycles. The van der Waals surface area contributed by atoms with Crippen LogP contribution < -0.4 is 20.4 Å². The standard InChI is InChI=1S/C24H18F3N5O2S/c25-24(26,27)34-18-10-11-20-19(12-18)21(30-31-23(35)29-17-8-2-1-3-9-17)22(33)32(20)14-16-7-5-4-6-15(16)13-28/h1-2,4-8,10-12H,3,9,14H2,(H2,29,31,35)/b30-21-. The molecule has 1 amide bonds. The van der Waals surface area contributed by atoms with E-state index in [0.29, 0.717) is 16.8 Å². The van der Waals surface area contributed by atoms with Gasteiger partial charge >= 0.3 is 6.36 Å². The van der Waals surface area contributed by atoms with E-state index in [9.17, 15) is 23.2 Å². The van der Waals surface area contributed by atoms with Crippen LogP contribution in [0.2, 0.25) is 0 Å². The van der Waals surface area contributed by atoms with E-state index < -0.39 is 18.0 Å². The van der Waals surface area contributed by atoms with Crippen LogP contribution in [0.1, 0.15) is 29.5 Å². The van der Waals surface area contributed by atoms with Gasteiger partial charge in [-0.2, -0.15) is 10.4 Å². The number of carbonyl (C=O) groups excluding carboxylic acids is 1. The van der Waals surface area contributed by atoms with Crippen LogP contribution in [0.15, 0.2) is 71.5 Å². The molecule has 0 spiro atoms. The highest BCUT2D eigenvalue weighted by Crippen LogP contribution is 2.35. The molecule has 2 aliphatic rings. The Kier molecular flexibility index (Phi) is 6.84. The minimum absolute atomic E-state index is 0.0238. The number of hydrogen-bond acceptors (Lipinski definition) is 5. The molecule has 1 aliphatic carbocycles. The molecule has 178 valence electrons. The summed E-state index contributed by atoms with van der Waals surface area (Å²) in [7, 11) is 0. The first kappa shape index (κ1) is 24.0. The fraction of sp³-hybridized carbons (Fsp3) is 0.167. The first-order valence-corrected chi connectivity index (χ1v) is 10.9. The Hall–Kier alpha value is -4.17. The highest BCUT2D eigenvalue weighted by Gasteiger charge is 2.37. The number of thiocarbonyl (C=S) groups is 1. The van der Waals surface area contributed by atoms with Crippen LogP contribution in [-0.4, -0.2) is 23.1 Å². The molecular weight excluding hydrogens is 479 g/mol. The Morgan fingerprint density at radius 2 is 2.06 bits per heavy atom. The van der Waals surface area contributed by atoms with Gasteiger partial charge in [0.1, 0.15) is 5.75 Å². The van der Waals surface area contributed by atoms with Crippen LogP contribution in [0.4, 0.5) is 18.9 Å². The Labute approximate surface area is 204 Å². The van der Waals surface area contributed by atoms with E-state index in [1.54, 1.807) is 24.3 Å². The monoisotopic (exact) mass is 497 g/mol. The minimum atomic E-state index is -4.90. The maximum Gasteiger partial charge on any atom is 0.573 e. The van der Waals surface area contributed by atoms with Gasteiger partial charge in [0.25, 0.3) is 5.91 Å². The van der Waals surface area contributed by atoms with E-state index in [1.165, 1.54) is 11.0 Å². The van der Waals surface area contributed by atoms with Crippen molar-refractivity contribution in [2.45, 2.75) is 25.7 Å². The van der Waals surface area contributed by atoms with E-state index >= 15 is 0 Å². The van der Waals surface area contributed by atoms with E-state index in [-0.39, 0.29) is 22.9 Å². The molecule has 7 nitrogen and oxygen atoms in total. The molecule has 35 heavy (non-hydrogen) atoms. The van der Waals surface area contributed by atoms with Crippen LogP contribution in [0.5, 0.6) is 5.75 Å². The summed E-state index contributed by atoms with van der Waals surface area (Å²) in [5.41, 5.74) is 4.75. The molecule has 0 bridgehead atoms. The number of anilines is 1. The third-order valence-electron chi connectivity index (χ3n) is 5.22. The van der Waals surface area contributed by atoms with Crippen molar-refractivity contribution in [1.82, 2.24) is 10.7 Å². The third-order valence-corrected chi connectivity index (χ3v) is 5.41. The fourth-order valence-corrected chi connectivity index (χ4v) is 3.86. The van der Waals surface area contributed by atoms with Gasteiger partial charge in [-0.3, -0.25) is 10.2 Å². The topological polar surface area (TPSA) is 89.8 Å². The van der Waals surface area contributed by atoms with Gasteiger partial charge in [0, 0.05) is 11.3 Å². The van der Waals surface area contributed by atoms with Crippen LogP contribution in [0.25, 0.3) is 0 Å². The maximum atomic E-state index is 13.3. The number of allylic oxidation sites excluding steroid dienone is 4. The van der Waals surface area contributed by atoms with Gasteiger partial charge in [0.15, 0.2) is 10.8 Å². The van der Waals surface area contributed by atoms with Gasteiger partial charge in [-0.25, -0.2) is 0 Å². The van der Waals surface area contributed by atoms with Crippen molar-refractivity contribution in [1.29, 1.82) is 5.26 Å². The first-order chi connectivity index (χ1) is 16.7. The van der Waals surface area contributed by atoms with Crippen LogP contribution >= 0.6 is 12.2 Å². The summed E-state index contributed by atoms with van der Waals surface area (Å²) in [6.07, 6.45) is 2.46. The number of benzene rings is 2. The summed E-state index contributed by atoms with van der Waals surface area (Å²) >= 11 is 5.24. The van der Waals surface area contributed by atoms with Gasteiger partial charge in [0.2, 0.25) is 0 Å². The quantitative estimate of drug-likeness (QED) is 0.470. The van der Waals surface area contributed by atoms with Gasteiger partial charge in [-0.1, -0.05) is 30.4 Å². The molecule has 0 aromatic heterocycles. The zero-order chi connectivity index (χ0) is 25.0. The average Bonchev–Trinajstić information content (AvgIpc) is 3.07. The minimum Gasteiger partial charge on any atom is -0.406 e. The molecule has 0 saturated carbocycles. The summed E-state index contributed by atoms with van der Waals surface area (Å²) in [5, 5.41) is 16.6. The van der Waals surface area contributed by atoms with E-state index in [4.69, 9.17) is 12.2 Å². The zero-order valence-electron chi connectivity index (χ0n) is 18.1. The molecule has 2 aromatic carbocycles. The summed E-state index contributed by atoms with van der Waals surface area (Å²) in [6.45, 7) is 0.0238. The van der Waals surface area contributed by atoms with Gasteiger partial charge in [-0.05, 0) is 61.0 Å². The molecule has 2 N–H and O–H groups in total. The molecule has 0 atom stereocenters. The molecule has 1 aliphatic heterocycles. The van der Waals surface area contributed by atoms with Crippen molar-refractivity contribution >= 4 is 34.6 Å². The Bertz CT molecular complexity index is 1310. The number of nitriles is 1. The lowest BCUT2D eigenvalue weighted by Gasteiger charge is -2.18. The number of amides is 1.